The molecule has 0 saturated heterocycles. The third kappa shape index (κ3) is 2.05. The molecule has 0 aliphatic rings. The largest absolute Gasteiger partial charge is 0.481 e. The van der Waals surface area contributed by atoms with Gasteiger partial charge in [-0.2, -0.15) is 10.2 Å². The minimum absolute atomic E-state index is 0.671. The zero-order chi connectivity index (χ0) is 13.3. The van der Waals surface area contributed by atoms with E-state index in [-0.39, 0.29) is 0 Å². The number of nitrogens with one attached hydrogen (secondary N) is 2. The Labute approximate surface area is 106 Å². The van der Waals surface area contributed by atoms with E-state index < -0.39 is 0 Å². The maximum Gasteiger partial charge on any atom is 0.216 e. The molecule has 2 aromatic rings. The summed E-state index contributed by atoms with van der Waals surface area (Å²) in [6.07, 6.45) is 0. The van der Waals surface area contributed by atoms with Crippen molar-refractivity contribution in [1.82, 2.24) is 20.0 Å². The van der Waals surface area contributed by atoms with Crippen molar-refractivity contribution in [1.29, 1.82) is 0 Å². The topological polar surface area (TPSA) is 67.8 Å². The molecule has 6 nitrogen and oxygen atoms in total. The standard InChI is InChI=1S/C12H19N5O/c1-7-10(12(18-5)17(4)16-7)6-13-11-8(2)14-15-9(11)3/h13H,6H2,1-5H3,(H,14,15). The van der Waals surface area contributed by atoms with Crippen molar-refractivity contribution in [2.24, 2.45) is 7.05 Å². The van der Waals surface area contributed by atoms with Crippen LogP contribution in [0.15, 0.2) is 0 Å². The molecule has 0 atom stereocenters. The Morgan fingerprint density at radius 1 is 1.28 bits per heavy atom. The molecule has 0 aliphatic carbocycles. The highest BCUT2D eigenvalue weighted by Crippen LogP contribution is 2.23. The number of hydrogen-bond donors (Lipinski definition) is 2. The fraction of sp³-hybridized carbons (Fsp3) is 0.500. The Hall–Kier alpha value is -1.98. The molecule has 0 bridgehead atoms. The molecule has 0 spiro atoms. The monoisotopic (exact) mass is 249 g/mol. The quantitative estimate of drug-likeness (QED) is 0.865. The van der Waals surface area contributed by atoms with Crippen molar-refractivity contribution < 1.29 is 4.74 Å². The number of nitrogens with zero attached hydrogens (tertiary/aromatic N) is 3. The molecule has 98 valence electrons. The number of anilines is 1. The van der Waals surface area contributed by atoms with Crippen molar-refractivity contribution >= 4 is 5.69 Å². The lowest BCUT2D eigenvalue weighted by Crippen LogP contribution is -2.04. The second kappa shape index (κ2) is 4.72. The van der Waals surface area contributed by atoms with Gasteiger partial charge in [-0.05, 0) is 20.8 Å². The summed E-state index contributed by atoms with van der Waals surface area (Å²) in [4.78, 5) is 0. The SMILES string of the molecule is COc1c(CNc2c(C)n[nH]c2C)c(C)nn1C. The van der Waals surface area contributed by atoms with Crippen LogP contribution in [0.1, 0.15) is 22.6 Å². The van der Waals surface area contributed by atoms with Crippen molar-refractivity contribution in [3.63, 3.8) is 0 Å². The molecule has 0 amide bonds. The van der Waals surface area contributed by atoms with E-state index >= 15 is 0 Å². The molecule has 2 heterocycles. The lowest BCUT2D eigenvalue weighted by molar-refractivity contribution is 0.370. The van der Waals surface area contributed by atoms with Gasteiger partial charge in [-0.25, -0.2) is 4.68 Å². The summed E-state index contributed by atoms with van der Waals surface area (Å²) in [5.74, 6) is 0.791. The highest BCUT2D eigenvalue weighted by Gasteiger charge is 2.14. The predicted molar refractivity (Wildman–Crippen MR) is 69.9 cm³/mol. The zero-order valence-electron chi connectivity index (χ0n) is 11.5. The number of aromatic nitrogens is 4. The molecule has 0 radical (unpaired) electrons. The van der Waals surface area contributed by atoms with E-state index in [0.717, 1.165) is 34.2 Å². The van der Waals surface area contributed by atoms with E-state index in [1.807, 2.05) is 27.8 Å². The van der Waals surface area contributed by atoms with Crippen LogP contribution in [0.5, 0.6) is 5.88 Å². The Balaban J connectivity index is 2.21. The summed E-state index contributed by atoms with van der Waals surface area (Å²) in [6, 6.07) is 0. The van der Waals surface area contributed by atoms with Gasteiger partial charge in [0.05, 0.1) is 35.4 Å². The Morgan fingerprint density at radius 3 is 2.56 bits per heavy atom. The highest BCUT2D eigenvalue weighted by molar-refractivity contribution is 5.52. The molecule has 2 aromatic heterocycles. The van der Waals surface area contributed by atoms with Gasteiger partial charge in [0.2, 0.25) is 5.88 Å². The summed E-state index contributed by atoms with van der Waals surface area (Å²) >= 11 is 0. The lowest BCUT2D eigenvalue weighted by Gasteiger charge is -2.08. The molecule has 2 N–H and O–H groups in total. The van der Waals surface area contributed by atoms with E-state index in [1.54, 1.807) is 11.8 Å². The van der Waals surface area contributed by atoms with Crippen molar-refractivity contribution in [3.8, 4) is 5.88 Å². The number of aryl methyl sites for hydroxylation is 4. The van der Waals surface area contributed by atoms with E-state index in [2.05, 4.69) is 20.6 Å². The van der Waals surface area contributed by atoms with Gasteiger partial charge in [0.1, 0.15) is 0 Å². The summed E-state index contributed by atoms with van der Waals surface area (Å²) in [5, 5.41) is 14.9. The molecular weight excluding hydrogens is 230 g/mol. The minimum atomic E-state index is 0.671. The zero-order valence-corrected chi connectivity index (χ0v) is 11.5. The molecule has 0 saturated carbocycles. The maximum absolute atomic E-state index is 5.36. The summed E-state index contributed by atoms with van der Waals surface area (Å²) in [6.45, 7) is 6.62. The normalized spacial score (nSPS) is 10.7. The molecule has 0 aliphatic heterocycles. The molecule has 0 fully saturated rings. The molecule has 0 aromatic carbocycles. The van der Waals surface area contributed by atoms with E-state index in [9.17, 15) is 0 Å². The first-order valence-corrected chi connectivity index (χ1v) is 5.86. The van der Waals surface area contributed by atoms with Crippen LogP contribution in [-0.2, 0) is 13.6 Å². The average Bonchev–Trinajstić information content (AvgIpc) is 2.77. The Morgan fingerprint density at radius 2 is 2.00 bits per heavy atom. The molecule has 2 rings (SSSR count). The van der Waals surface area contributed by atoms with Crippen molar-refractivity contribution in [2.75, 3.05) is 12.4 Å². The summed E-state index contributed by atoms with van der Waals surface area (Å²) in [5.41, 5.74) is 5.09. The lowest BCUT2D eigenvalue weighted by atomic mass is 10.2. The summed E-state index contributed by atoms with van der Waals surface area (Å²) in [7, 11) is 3.54. The number of aromatic amines is 1. The van der Waals surface area contributed by atoms with Crippen LogP contribution in [-0.4, -0.2) is 27.1 Å². The number of hydrogen-bond acceptors (Lipinski definition) is 4. The highest BCUT2D eigenvalue weighted by atomic mass is 16.5. The summed E-state index contributed by atoms with van der Waals surface area (Å²) < 4.78 is 7.12. The first kappa shape index (κ1) is 12.5. The first-order valence-electron chi connectivity index (χ1n) is 5.86. The average molecular weight is 249 g/mol. The van der Waals surface area contributed by atoms with Crippen LogP contribution in [0.2, 0.25) is 0 Å². The van der Waals surface area contributed by atoms with Crippen LogP contribution < -0.4 is 10.1 Å². The molecule has 6 heteroatoms. The fourth-order valence-corrected chi connectivity index (χ4v) is 2.13. The minimum Gasteiger partial charge on any atom is -0.481 e. The third-order valence-electron chi connectivity index (χ3n) is 3.05. The van der Waals surface area contributed by atoms with Gasteiger partial charge in [-0.3, -0.25) is 5.10 Å². The van der Waals surface area contributed by atoms with Gasteiger partial charge in [-0.15, -0.1) is 0 Å². The van der Waals surface area contributed by atoms with Crippen LogP contribution in [0.4, 0.5) is 5.69 Å². The maximum atomic E-state index is 5.36. The van der Waals surface area contributed by atoms with Gasteiger partial charge in [0.25, 0.3) is 0 Å². The van der Waals surface area contributed by atoms with E-state index in [4.69, 9.17) is 4.74 Å². The van der Waals surface area contributed by atoms with Gasteiger partial charge in [0.15, 0.2) is 0 Å². The van der Waals surface area contributed by atoms with Crippen LogP contribution >= 0.6 is 0 Å². The molecular formula is C12H19N5O. The number of ether oxygens (including phenoxy) is 1. The van der Waals surface area contributed by atoms with Gasteiger partial charge < -0.3 is 10.1 Å². The first-order chi connectivity index (χ1) is 8.54. The number of methoxy groups -OCH3 is 1. The van der Waals surface area contributed by atoms with E-state index in [0.29, 0.717) is 6.54 Å². The van der Waals surface area contributed by atoms with Gasteiger partial charge in [-0.1, -0.05) is 0 Å². The second-order valence-corrected chi connectivity index (χ2v) is 4.36. The third-order valence-corrected chi connectivity index (χ3v) is 3.05. The second-order valence-electron chi connectivity index (χ2n) is 4.36. The van der Waals surface area contributed by atoms with Crippen molar-refractivity contribution in [3.05, 3.63) is 22.6 Å². The van der Waals surface area contributed by atoms with Crippen molar-refractivity contribution in [2.45, 2.75) is 27.3 Å². The van der Waals surface area contributed by atoms with Gasteiger partial charge in [0, 0.05) is 13.6 Å². The van der Waals surface area contributed by atoms with Crippen LogP contribution in [0.25, 0.3) is 0 Å². The van der Waals surface area contributed by atoms with Gasteiger partial charge >= 0.3 is 0 Å². The number of rotatable bonds is 4. The number of H-pyrrole nitrogens is 1. The van der Waals surface area contributed by atoms with E-state index in [1.165, 1.54) is 0 Å². The van der Waals surface area contributed by atoms with Crippen LogP contribution in [0.3, 0.4) is 0 Å². The fourth-order valence-electron chi connectivity index (χ4n) is 2.13. The predicted octanol–water partition coefficient (Wildman–Crippen LogP) is 1.69. The molecule has 0 unspecified atom stereocenters. The Kier molecular flexibility index (Phi) is 3.27. The Bertz CT molecular complexity index is 536. The smallest absolute Gasteiger partial charge is 0.216 e. The molecule has 18 heavy (non-hydrogen) atoms. The van der Waals surface area contributed by atoms with Crippen LogP contribution in [0, 0.1) is 20.8 Å².